The molecule has 0 spiro atoms. The van der Waals surface area contributed by atoms with E-state index in [4.69, 9.17) is 0 Å². The Morgan fingerprint density at radius 1 is 1.32 bits per heavy atom. The Hall–Kier alpha value is -3.77. The molecule has 0 aliphatic carbocycles. The Labute approximate surface area is 177 Å². The topological polar surface area (TPSA) is 107 Å². The van der Waals surface area contributed by atoms with Crippen LogP contribution in [0.15, 0.2) is 36.5 Å². The van der Waals surface area contributed by atoms with Gasteiger partial charge in [0.05, 0.1) is 52.0 Å². The van der Waals surface area contributed by atoms with Gasteiger partial charge in [0.1, 0.15) is 5.82 Å². The number of rotatable bonds is 3. The van der Waals surface area contributed by atoms with Crippen LogP contribution < -0.4 is 10.2 Å². The summed E-state index contributed by atoms with van der Waals surface area (Å²) in [5.41, 5.74) is 1.06. The van der Waals surface area contributed by atoms with Crippen molar-refractivity contribution in [2.75, 3.05) is 18.0 Å². The van der Waals surface area contributed by atoms with Crippen molar-refractivity contribution in [2.24, 2.45) is 0 Å². The number of aromatic nitrogens is 3. The fourth-order valence-electron chi connectivity index (χ4n) is 4.15. The van der Waals surface area contributed by atoms with Crippen LogP contribution in [-0.2, 0) is 6.54 Å². The SMILES string of the molecule is CC1(O)CCN(c2ccn(-c3cc(-c4c(F)cccc4C#N)nc4c3C(=O)NC4)n2)C1. The second-order valence-corrected chi connectivity index (χ2v) is 8.09. The fraction of sp³-hybridized carbons (Fsp3) is 0.273. The van der Waals surface area contributed by atoms with Gasteiger partial charge in [0.25, 0.3) is 5.91 Å². The molecule has 0 radical (unpaired) electrons. The monoisotopic (exact) mass is 418 g/mol. The summed E-state index contributed by atoms with van der Waals surface area (Å²) in [6.07, 6.45) is 2.36. The van der Waals surface area contributed by atoms with E-state index in [-0.39, 0.29) is 29.3 Å². The van der Waals surface area contributed by atoms with Gasteiger partial charge in [0.2, 0.25) is 0 Å². The van der Waals surface area contributed by atoms with Crippen molar-refractivity contribution in [2.45, 2.75) is 25.5 Å². The Kier molecular flexibility index (Phi) is 4.27. The number of anilines is 1. The average molecular weight is 418 g/mol. The lowest BCUT2D eigenvalue weighted by atomic mass is 10.0. The largest absolute Gasteiger partial charge is 0.388 e. The lowest BCUT2D eigenvalue weighted by molar-refractivity contribution is 0.0838. The molecule has 156 valence electrons. The van der Waals surface area contributed by atoms with E-state index in [1.54, 1.807) is 23.9 Å². The average Bonchev–Trinajstić information content (AvgIpc) is 3.46. The highest BCUT2D eigenvalue weighted by molar-refractivity contribution is 6.01. The number of nitriles is 1. The molecule has 8 nitrogen and oxygen atoms in total. The van der Waals surface area contributed by atoms with Crippen molar-refractivity contribution in [1.29, 1.82) is 5.26 Å². The summed E-state index contributed by atoms with van der Waals surface area (Å²) in [4.78, 5) is 18.9. The molecule has 4 heterocycles. The van der Waals surface area contributed by atoms with Crippen molar-refractivity contribution in [3.05, 3.63) is 59.2 Å². The number of nitrogens with zero attached hydrogens (tertiary/aromatic N) is 5. The van der Waals surface area contributed by atoms with Crippen LogP contribution in [0.1, 0.15) is 35.0 Å². The fourth-order valence-corrected chi connectivity index (χ4v) is 4.15. The van der Waals surface area contributed by atoms with E-state index in [9.17, 15) is 19.6 Å². The number of pyridine rings is 1. The van der Waals surface area contributed by atoms with Gasteiger partial charge in [-0.3, -0.25) is 4.79 Å². The molecule has 1 atom stereocenters. The summed E-state index contributed by atoms with van der Waals surface area (Å²) < 4.78 is 16.2. The minimum atomic E-state index is -0.771. The minimum absolute atomic E-state index is 0.0939. The van der Waals surface area contributed by atoms with Crippen molar-refractivity contribution in [3.8, 4) is 23.0 Å². The highest BCUT2D eigenvalue weighted by atomic mass is 19.1. The number of carbonyl (C=O) groups excluding carboxylic acids is 1. The third-order valence-corrected chi connectivity index (χ3v) is 5.70. The van der Waals surface area contributed by atoms with Gasteiger partial charge in [0.15, 0.2) is 5.82 Å². The van der Waals surface area contributed by atoms with Crippen LogP contribution in [0.5, 0.6) is 0 Å². The molecule has 9 heteroatoms. The summed E-state index contributed by atoms with van der Waals surface area (Å²) in [7, 11) is 0. The number of β-amino-alcohol motifs (C(OH)–C–C–N with tert-alkyl or cyclic N) is 1. The van der Waals surface area contributed by atoms with E-state index in [1.807, 2.05) is 17.0 Å². The first-order chi connectivity index (χ1) is 14.9. The second kappa shape index (κ2) is 6.89. The maximum absolute atomic E-state index is 14.6. The standard InChI is InChI=1S/C22H19FN6O2/c1-22(31)6-8-28(12-22)18-5-7-29(27-18)17-9-15(26-16-11-25-21(30)20(16)17)19-13(10-24)3-2-4-14(19)23/h2-5,7,9,31H,6,8,11-12H2,1H3,(H,25,30). The molecule has 3 aromatic rings. The molecule has 2 aliphatic rings. The van der Waals surface area contributed by atoms with Crippen LogP contribution in [0.2, 0.25) is 0 Å². The molecule has 1 amide bonds. The molecule has 0 saturated carbocycles. The number of hydrogen-bond acceptors (Lipinski definition) is 6. The zero-order valence-corrected chi connectivity index (χ0v) is 16.8. The molecule has 1 saturated heterocycles. The first-order valence-electron chi connectivity index (χ1n) is 9.91. The van der Waals surface area contributed by atoms with Crippen LogP contribution in [0.4, 0.5) is 10.2 Å². The number of fused-ring (bicyclic) bond motifs is 1. The van der Waals surface area contributed by atoms with Crippen LogP contribution >= 0.6 is 0 Å². The van der Waals surface area contributed by atoms with Crippen LogP contribution in [0, 0.1) is 17.1 Å². The van der Waals surface area contributed by atoms with Crippen molar-refractivity contribution in [3.63, 3.8) is 0 Å². The van der Waals surface area contributed by atoms with Gasteiger partial charge in [-0.1, -0.05) is 6.07 Å². The predicted molar refractivity (Wildman–Crippen MR) is 110 cm³/mol. The van der Waals surface area contributed by atoms with E-state index < -0.39 is 11.4 Å². The second-order valence-electron chi connectivity index (χ2n) is 8.09. The minimum Gasteiger partial charge on any atom is -0.388 e. The summed E-state index contributed by atoms with van der Waals surface area (Å²) >= 11 is 0. The van der Waals surface area contributed by atoms with E-state index in [0.29, 0.717) is 42.3 Å². The zero-order chi connectivity index (χ0) is 21.8. The molecule has 1 aromatic carbocycles. The van der Waals surface area contributed by atoms with Gasteiger partial charge in [-0.2, -0.15) is 10.4 Å². The van der Waals surface area contributed by atoms with Crippen molar-refractivity contribution in [1.82, 2.24) is 20.1 Å². The Balaban J connectivity index is 1.64. The Bertz CT molecular complexity index is 1260. The number of amides is 1. The van der Waals surface area contributed by atoms with Gasteiger partial charge >= 0.3 is 0 Å². The quantitative estimate of drug-likeness (QED) is 0.675. The zero-order valence-electron chi connectivity index (χ0n) is 16.8. The van der Waals surface area contributed by atoms with Gasteiger partial charge in [-0.15, -0.1) is 0 Å². The highest BCUT2D eigenvalue weighted by Crippen LogP contribution is 2.32. The van der Waals surface area contributed by atoms with E-state index in [0.717, 1.165) is 0 Å². The Morgan fingerprint density at radius 2 is 2.16 bits per heavy atom. The van der Waals surface area contributed by atoms with E-state index in [2.05, 4.69) is 15.4 Å². The maximum Gasteiger partial charge on any atom is 0.255 e. The lowest BCUT2D eigenvalue weighted by Gasteiger charge is -2.18. The number of carbonyl (C=O) groups is 1. The number of aliphatic hydroxyl groups is 1. The molecule has 0 bridgehead atoms. The van der Waals surface area contributed by atoms with Crippen LogP contribution in [0.3, 0.4) is 0 Å². The first kappa shape index (κ1) is 19.2. The molecule has 1 fully saturated rings. The summed E-state index contributed by atoms with van der Waals surface area (Å²) in [6, 6.07) is 9.68. The number of benzene rings is 1. The van der Waals surface area contributed by atoms with Crippen molar-refractivity contribution < 1.29 is 14.3 Å². The van der Waals surface area contributed by atoms with Gasteiger partial charge in [-0.05, 0) is 31.5 Å². The maximum atomic E-state index is 14.6. The van der Waals surface area contributed by atoms with Crippen LogP contribution in [0.25, 0.3) is 16.9 Å². The molecule has 5 rings (SSSR count). The number of halogens is 1. The molecule has 2 aliphatic heterocycles. The first-order valence-corrected chi connectivity index (χ1v) is 9.91. The number of nitrogens with one attached hydrogen (secondary N) is 1. The smallest absolute Gasteiger partial charge is 0.255 e. The van der Waals surface area contributed by atoms with Crippen molar-refractivity contribution >= 4 is 11.7 Å². The normalized spacial score (nSPS) is 19.9. The molecule has 2 aromatic heterocycles. The van der Waals surface area contributed by atoms with Gasteiger partial charge in [0, 0.05) is 25.4 Å². The summed E-state index contributed by atoms with van der Waals surface area (Å²) in [6.45, 7) is 3.14. The summed E-state index contributed by atoms with van der Waals surface area (Å²) in [5.74, 6) is -0.165. The third kappa shape index (κ3) is 3.21. The highest BCUT2D eigenvalue weighted by Gasteiger charge is 2.33. The van der Waals surface area contributed by atoms with E-state index >= 15 is 0 Å². The predicted octanol–water partition coefficient (Wildman–Crippen LogP) is 2.15. The lowest BCUT2D eigenvalue weighted by Crippen LogP contribution is -2.29. The molecular formula is C22H19FN6O2. The molecule has 2 N–H and O–H groups in total. The van der Waals surface area contributed by atoms with Crippen LogP contribution in [-0.4, -0.2) is 44.5 Å². The van der Waals surface area contributed by atoms with Gasteiger partial charge < -0.3 is 15.3 Å². The summed E-state index contributed by atoms with van der Waals surface area (Å²) in [5, 5.41) is 27.0. The molecular weight excluding hydrogens is 399 g/mol. The molecule has 31 heavy (non-hydrogen) atoms. The number of hydrogen-bond donors (Lipinski definition) is 2. The molecule has 1 unspecified atom stereocenters. The Morgan fingerprint density at radius 3 is 2.90 bits per heavy atom. The van der Waals surface area contributed by atoms with Gasteiger partial charge in [-0.25, -0.2) is 14.1 Å². The van der Waals surface area contributed by atoms with E-state index in [1.165, 1.54) is 18.2 Å². The third-order valence-electron chi connectivity index (χ3n) is 5.70.